The third-order valence-corrected chi connectivity index (χ3v) is 7.18. The fraction of sp³-hybridized carbons (Fsp3) is 1.00. The van der Waals surface area contributed by atoms with Crippen molar-refractivity contribution in [2.45, 2.75) is 85.0 Å². The molecule has 0 aromatic carbocycles. The predicted octanol–water partition coefficient (Wildman–Crippen LogP) is 5.56. The maximum atomic E-state index is 2.45. The van der Waals surface area contributed by atoms with Gasteiger partial charge in [-0.05, 0) is 78.9 Å². The van der Waals surface area contributed by atoms with Gasteiger partial charge in [0, 0.05) is 0 Å². The van der Waals surface area contributed by atoms with Gasteiger partial charge in [0.2, 0.25) is 0 Å². The summed E-state index contributed by atoms with van der Waals surface area (Å²) in [4.78, 5) is 0. The Kier molecular flexibility index (Phi) is 2.08. The van der Waals surface area contributed by atoms with Crippen molar-refractivity contribution < 1.29 is 0 Å². The summed E-state index contributed by atoms with van der Waals surface area (Å²) in [5.41, 5.74) is 3.39. The molecule has 0 aromatic heterocycles. The maximum Gasteiger partial charge on any atom is -0.0224 e. The smallest absolute Gasteiger partial charge is 0.0224 e. The second kappa shape index (κ2) is 3.18. The first-order valence-electron chi connectivity index (χ1n) is 8.47. The first-order valence-corrected chi connectivity index (χ1v) is 8.47. The molecule has 0 radical (unpaired) electrons. The highest BCUT2D eigenvalue weighted by atomic mass is 14.9. The van der Waals surface area contributed by atoms with Crippen LogP contribution in [0.25, 0.3) is 0 Å². The molecule has 5 aliphatic carbocycles. The monoisotopic (exact) mass is 246 g/mol. The van der Waals surface area contributed by atoms with Gasteiger partial charge in [0.15, 0.2) is 0 Å². The molecule has 102 valence electrons. The lowest BCUT2D eigenvalue weighted by Gasteiger charge is -2.51. The zero-order valence-corrected chi connectivity index (χ0v) is 12.6. The topological polar surface area (TPSA) is 0 Å². The Morgan fingerprint density at radius 2 is 1.44 bits per heavy atom. The van der Waals surface area contributed by atoms with Crippen molar-refractivity contribution >= 4 is 0 Å². The molecule has 0 heteroatoms. The lowest BCUT2D eigenvalue weighted by molar-refractivity contribution is -0.00840. The van der Waals surface area contributed by atoms with Crippen molar-refractivity contribution in [3.05, 3.63) is 0 Å². The van der Waals surface area contributed by atoms with Gasteiger partial charge in [0.05, 0.1) is 0 Å². The Morgan fingerprint density at radius 1 is 0.833 bits per heavy atom. The predicted molar refractivity (Wildman–Crippen MR) is 76.4 cm³/mol. The van der Waals surface area contributed by atoms with Crippen LogP contribution in [0, 0.1) is 27.6 Å². The van der Waals surface area contributed by atoms with Crippen molar-refractivity contribution in [1.29, 1.82) is 0 Å². The molecule has 5 fully saturated rings. The van der Waals surface area contributed by atoms with Crippen LogP contribution in [-0.4, -0.2) is 0 Å². The molecule has 2 spiro atoms. The number of hydrogen-bond donors (Lipinski definition) is 0. The van der Waals surface area contributed by atoms with Gasteiger partial charge >= 0.3 is 0 Å². The molecule has 0 N–H and O–H groups in total. The van der Waals surface area contributed by atoms with Gasteiger partial charge in [-0.15, -0.1) is 0 Å². The van der Waals surface area contributed by atoms with E-state index in [2.05, 4.69) is 20.8 Å². The molecular weight excluding hydrogens is 216 g/mol. The molecule has 5 aliphatic rings. The van der Waals surface area contributed by atoms with Crippen molar-refractivity contribution in [3.8, 4) is 0 Å². The SMILES string of the molecule is CCCCC12CC3(CC(C)C)C[C@@]4(C1)C[C@@]4(C2)C3. The summed E-state index contributed by atoms with van der Waals surface area (Å²) < 4.78 is 0. The zero-order valence-electron chi connectivity index (χ0n) is 12.6. The largest absolute Gasteiger partial charge is 0.0654 e. The Bertz CT molecular complexity index is 359. The second-order valence-electron chi connectivity index (χ2n) is 9.32. The van der Waals surface area contributed by atoms with Crippen molar-refractivity contribution in [2.24, 2.45) is 27.6 Å². The molecule has 4 bridgehead atoms. The van der Waals surface area contributed by atoms with E-state index in [1.165, 1.54) is 19.3 Å². The first-order chi connectivity index (χ1) is 8.47. The molecule has 2 unspecified atom stereocenters. The number of unbranched alkanes of at least 4 members (excludes halogenated alkanes) is 1. The van der Waals surface area contributed by atoms with Crippen LogP contribution in [-0.2, 0) is 0 Å². The summed E-state index contributed by atoms with van der Waals surface area (Å²) in [6.45, 7) is 7.26. The molecule has 0 aromatic rings. The van der Waals surface area contributed by atoms with Crippen LogP contribution in [0.1, 0.15) is 85.0 Å². The molecule has 0 nitrogen and oxygen atoms in total. The van der Waals surface area contributed by atoms with Gasteiger partial charge in [-0.3, -0.25) is 0 Å². The maximum absolute atomic E-state index is 2.45. The first kappa shape index (κ1) is 11.8. The molecule has 0 saturated heterocycles. The summed E-state index contributed by atoms with van der Waals surface area (Å²) >= 11 is 0. The number of hydrogen-bond acceptors (Lipinski definition) is 0. The quantitative estimate of drug-likeness (QED) is 0.595. The van der Waals surface area contributed by atoms with Gasteiger partial charge in [-0.2, -0.15) is 0 Å². The fourth-order valence-corrected chi connectivity index (χ4v) is 7.67. The summed E-state index contributed by atoms with van der Waals surface area (Å²) in [6, 6.07) is 0. The van der Waals surface area contributed by atoms with E-state index in [-0.39, 0.29) is 0 Å². The van der Waals surface area contributed by atoms with Gasteiger partial charge in [-0.25, -0.2) is 0 Å². The van der Waals surface area contributed by atoms with Crippen molar-refractivity contribution in [3.63, 3.8) is 0 Å². The van der Waals surface area contributed by atoms with Crippen molar-refractivity contribution in [2.75, 3.05) is 0 Å². The van der Waals surface area contributed by atoms with Crippen LogP contribution in [0.5, 0.6) is 0 Å². The van der Waals surface area contributed by atoms with Gasteiger partial charge < -0.3 is 0 Å². The average Bonchev–Trinajstić information content (AvgIpc) is 2.61. The average molecular weight is 246 g/mol. The van der Waals surface area contributed by atoms with E-state index >= 15 is 0 Å². The van der Waals surface area contributed by atoms with Gasteiger partial charge in [-0.1, -0.05) is 33.6 Å². The minimum absolute atomic E-state index is 0.802. The number of rotatable bonds is 5. The summed E-state index contributed by atoms with van der Waals surface area (Å²) in [5, 5.41) is 0. The van der Waals surface area contributed by atoms with Crippen LogP contribution in [0.2, 0.25) is 0 Å². The standard InChI is InChI=1S/C18H30/c1-4-5-6-15-8-16(7-14(2)3)11-17(9-15)13-18(17,10-15)12-16/h14H,4-13H2,1-3H3/t15?,16?,17-,18+. The van der Waals surface area contributed by atoms with Crippen LogP contribution in [0.3, 0.4) is 0 Å². The van der Waals surface area contributed by atoms with Crippen LogP contribution in [0.4, 0.5) is 0 Å². The minimum Gasteiger partial charge on any atom is -0.0654 e. The second-order valence-corrected chi connectivity index (χ2v) is 9.32. The Labute approximate surface area is 113 Å². The summed E-state index contributed by atoms with van der Waals surface area (Å²) in [5.74, 6) is 0.914. The van der Waals surface area contributed by atoms with Gasteiger partial charge in [0.1, 0.15) is 0 Å². The van der Waals surface area contributed by atoms with Crippen LogP contribution in [0.15, 0.2) is 0 Å². The van der Waals surface area contributed by atoms with E-state index in [9.17, 15) is 0 Å². The third kappa shape index (κ3) is 1.28. The van der Waals surface area contributed by atoms with Crippen LogP contribution < -0.4 is 0 Å². The molecule has 18 heavy (non-hydrogen) atoms. The highest BCUT2D eigenvalue weighted by Crippen LogP contribution is 2.93. The Hall–Kier alpha value is 0. The highest BCUT2D eigenvalue weighted by Gasteiger charge is 2.84. The fourth-order valence-electron chi connectivity index (χ4n) is 7.67. The molecule has 0 amide bonds. The van der Waals surface area contributed by atoms with E-state index in [0.717, 1.165) is 27.6 Å². The molecule has 5 saturated carbocycles. The lowest BCUT2D eigenvalue weighted by Crippen LogP contribution is -2.40. The highest BCUT2D eigenvalue weighted by molar-refractivity contribution is 5.33. The zero-order chi connectivity index (χ0) is 12.6. The molecular formula is C18H30. The van der Waals surface area contributed by atoms with E-state index in [4.69, 9.17) is 0 Å². The van der Waals surface area contributed by atoms with Crippen LogP contribution >= 0.6 is 0 Å². The summed E-state index contributed by atoms with van der Waals surface area (Å²) in [7, 11) is 0. The van der Waals surface area contributed by atoms with E-state index in [1.807, 2.05) is 0 Å². The summed E-state index contributed by atoms with van der Waals surface area (Å²) in [6.07, 6.45) is 15.8. The lowest BCUT2D eigenvalue weighted by atomic mass is 9.53. The molecule has 4 atom stereocenters. The van der Waals surface area contributed by atoms with E-state index < -0.39 is 0 Å². The van der Waals surface area contributed by atoms with Gasteiger partial charge in [0.25, 0.3) is 0 Å². The minimum atomic E-state index is 0.802. The third-order valence-electron chi connectivity index (χ3n) is 7.18. The Balaban J connectivity index is 1.61. The normalized spacial score (nSPS) is 55.3. The molecule has 5 rings (SSSR count). The molecule has 0 aliphatic heterocycles. The van der Waals surface area contributed by atoms with Crippen molar-refractivity contribution in [1.82, 2.24) is 0 Å². The van der Waals surface area contributed by atoms with E-state index in [1.54, 1.807) is 44.9 Å². The Morgan fingerprint density at radius 3 is 2.00 bits per heavy atom. The molecule has 0 heterocycles. The van der Waals surface area contributed by atoms with E-state index in [0.29, 0.717) is 0 Å².